The number of rotatable bonds is 5. The van der Waals surface area contributed by atoms with Gasteiger partial charge in [-0.25, -0.2) is 4.39 Å². The minimum atomic E-state index is -0.696. The molecule has 1 saturated carbocycles. The number of para-hydroxylation sites is 1. The summed E-state index contributed by atoms with van der Waals surface area (Å²) in [7, 11) is 0. The van der Waals surface area contributed by atoms with E-state index < -0.39 is 17.7 Å². The molecule has 0 unspecified atom stereocenters. The summed E-state index contributed by atoms with van der Waals surface area (Å²) >= 11 is 0. The normalized spacial score (nSPS) is 25.3. The molecule has 3 rings (SSSR count). The lowest BCUT2D eigenvalue weighted by molar-refractivity contribution is -0.152. The molecule has 2 aliphatic rings. The Balaban J connectivity index is 1.49. The van der Waals surface area contributed by atoms with Crippen LogP contribution in [0.15, 0.2) is 24.3 Å². The molecule has 1 aromatic rings. The number of ether oxygens (including phenoxy) is 1. The fourth-order valence-corrected chi connectivity index (χ4v) is 3.80. The van der Waals surface area contributed by atoms with Gasteiger partial charge in [0.15, 0.2) is 6.61 Å². The van der Waals surface area contributed by atoms with E-state index in [9.17, 15) is 18.8 Å². The highest BCUT2D eigenvalue weighted by atomic mass is 19.1. The summed E-state index contributed by atoms with van der Waals surface area (Å²) in [6, 6.07) is 6.06. The molecule has 1 saturated heterocycles. The Hall–Kier alpha value is -2.44. The minimum absolute atomic E-state index is 0.0472. The molecule has 0 aromatic heterocycles. The zero-order chi connectivity index (χ0) is 19.4. The molecule has 0 bridgehead atoms. The van der Waals surface area contributed by atoms with E-state index in [1.807, 2.05) is 0 Å². The number of anilines is 1. The number of esters is 1. The van der Waals surface area contributed by atoms with Crippen LogP contribution >= 0.6 is 0 Å². The van der Waals surface area contributed by atoms with Crippen molar-refractivity contribution in [2.75, 3.05) is 18.1 Å². The van der Waals surface area contributed by atoms with E-state index in [-0.39, 0.29) is 43.1 Å². The van der Waals surface area contributed by atoms with Crippen molar-refractivity contribution in [2.24, 2.45) is 11.8 Å². The molecule has 1 aliphatic heterocycles. The third-order valence-corrected chi connectivity index (χ3v) is 5.41. The second-order valence-corrected chi connectivity index (χ2v) is 7.40. The maximum Gasteiger partial charge on any atom is 0.311 e. The third-order valence-electron chi connectivity index (χ3n) is 5.41. The van der Waals surface area contributed by atoms with Gasteiger partial charge in [0, 0.05) is 19.0 Å². The van der Waals surface area contributed by atoms with E-state index in [0.717, 1.165) is 19.3 Å². The second kappa shape index (κ2) is 8.50. The van der Waals surface area contributed by atoms with Gasteiger partial charge in [-0.3, -0.25) is 14.4 Å². The average Bonchev–Trinajstić information content (AvgIpc) is 3.04. The van der Waals surface area contributed by atoms with Crippen LogP contribution in [-0.4, -0.2) is 37.0 Å². The molecule has 146 valence electrons. The Labute approximate surface area is 158 Å². The van der Waals surface area contributed by atoms with Gasteiger partial charge in [0.05, 0.1) is 11.6 Å². The van der Waals surface area contributed by atoms with Crippen LogP contribution in [0.5, 0.6) is 0 Å². The van der Waals surface area contributed by atoms with Gasteiger partial charge in [-0.1, -0.05) is 31.9 Å². The quantitative estimate of drug-likeness (QED) is 0.801. The summed E-state index contributed by atoms with van der Waals surface area (Å²) in [5, 5.41) is 2.92. The monoisotopic (exact) mass is 376 g/mol. The smallest absolute Gasteiger partial charge is 0.311 e. The molecule has 0 radical (unpaired) electrons. The highest BCUT2D eigenvalue weighted by molar-refractivity contribution is 5.99. The van der Waals surface area contributed by atoms with E-state index in [1.165, 1.54) is 29.5 Å². The highest BCUT2D eigenvalue weighted by Gasteiger charge is 2.37. The Kier molecular flexibility index (Phi) is 6.08. The van der Waals surface area contributed by atoms with Crippen molar-refractivity contribution < 1.29 is 23.5 Å². The highest BCUT2D eigenvalue weighted by Crippen LogP contribution is 2.28. The lowest BCUT2D eigenvalue weighted by Gasteiger charge is -2.29. The molecule has 1 heterocycles. The average molecular weight is 376 g/mol. The summed E-state index contributed by atoms with van der Waals surface area (Å²) in [6.07, 6.45) is 4.24. The number of nitrogens with one attached hydrogen (secondary N) is 1. The van der Waals surface area contributed by atoms with Crippen LogP contribution in [-0.2, 0) is 19.1 Å². The number of carbonyl (C=O) groups excluding carboxylic acids is 3. The molecule has 0 spiro atoms. The Morgan fingerprint density at radius 1 is 1.26 bits per heavy atom. The van der Waals surface area contributed by atoms with Gasteiger partial charge in [-0.15, -0.1) is 0 Å². The number of benzene rings is 1. The van der Waals surface area contributed by atoms with Crippen molar-refractivity contribution in [2.45, 2.75) is 45.1 Å². The maximum atomic E-state index is 13.9. The van der Waals surface area contributed by atoms with Crippen molar-refractivity contribution >= 4 is 23.5 Å². The first-order chi connectivity index (χ1) is 13.0. The van der Waals surface area contributed by atoms with Crippen molar-refractivity contribution in [3.8, 4) is 0 Å². The molecule has 2 fully saturated rings. The van der Waals surface area contributed by atoms with E-state index in [1.54, 1.807) is 6.07 Å². The van der Waals surface area contributed by atoms with Crippen molar-refractivity contribution in [1.29, 1.82) is 0 Å². The summed E-state index contributed by atoms with van der Waals surface area (Å²) in [5.74, 6) is -2.05. The van der Waals surface area contributed by atoms with Gasteiger partial charge < -0.3 is 15.0 Å². The first kappa shape index (κ1) is 19.3. The molecule has 2 amide bonds. The van der Waals surface area contributed by atoms with Gasteiger partial charge in [0.2, 0.25) is 5.91 Å². The third kappa shape index (κ3) is 4.64. The molecular weight excluding hydrogens is 351 g/mol. The van der Waals surface area contributed by atoms with Crippen LogP contribution in [0.3, 0.4) is 0 Å². The van der Waals surface area contributed by atoms with Crippen LogP contribution in [0, 0.1) is 17.7 Å². The van der Waals surface area contributed by atoms with E-state index in [2.05, 4.69) is 12.2 Å². The predicted molar refractivity (Wildman–Crippen MR) is 97.4 cm³/mol. The lowest BCUT2D eigenvalue weighted by atomic mass is 9.86. The lowest BCUT2D eigenvalue weighted by Crippen LogP contribution is -2.43. The molecular formula is C20H25FN2O4. The van der Waals surface area contributed by atoms with Gasteiger partial charge in [0.1, 0.15) is 5.82 Å². The SMILES string of the molecule is C[C@@H]1CCCC[C@H]1NC(=O)COC(=O)[C@@H]1CC(=O)N(c2ccccc2F)C1. The first-order valence-corrected chi connectivity index (χ1v) is 9.46. The van der Waals surface area contributed by atoms with Gasteiger partial charge in [0.25, 0.3) is 5.91 Å². The first-order valence-electron chi connectivity index (χ1n) is 9.46. The van der Waals surface area contributed by atoms with Crippen LogP contribution in [0.1, 0.15) is 39.0 Å². The standard InChI is InChI=1S/C20H25FN2O4/c1-13-6-2-4-8-16(13)22-18(24)12-27-20(26)14-10-19(25)23(11-14)17-9-5-3-7-15(17)21/h3,5,7,9,13-14,16H,2,4,6,8,10-12H2,1H3,(H,22,24)/t13-,14-,16-/m1/s1. The van der Waals surface area contributed by atoms with E-state index in [0.29, 0.717) is 5.92 Å². The number of hydrogen-bond acceptors (Lipinski definition) is 4. The number of halogens is 1. The van der Waals surface area contributed by atoms with Crippen LogP contribution in [0.25, 0.3) is 0 Å². The number of hydrogen-bond donors (Lipinski definition) is 1. The van der Waals surface area contributed by atoms with Crippen molar-refractivity contribution in [3.05, 3.63) is 30.1 Å². The largest absolute Gasteiger partial charge is 0.455 e. The van der Waals surface area contributed by atoms with E-state index in [4.69, 9.17) is 4.74 Å². The van der Waals surface area contributed by atoms with Gasteiger partial charge in [-0.05, 0) is 30.9 Å². The van der Waals surface area contributed by atoms with Crippen LogP contribution in [0.2, 0.25) is 0 Å². The number of carbonyl (C=O) groups is 3. The van der Waals surface area contributed by atoms with Crippen molar-refractivity contribution in [1.82, 2.24) is 5.32 Å². The minimum Gasteiger partial charge on any atom is -0.455 e. The Morgan fingerprint density at radius 3 is 2.74 bits per heavy atom. The molecule has 3 atom stereocenters. The van der Waals surface area contributed by atoms with E-state index >= 15 is 0 Å². The van der Waals surface area contributed by atoms with Gasteiger partial charge >= 0.3 is 5.97 Å². The zero-order valence-corrected chi connectivity index (χ0v) is 15.4. The van der Waals surface area contributed by atoms with Gasteiger partial charge in [-0.2, -0.15) is 0 Å². The fraction of sp³-hybridized carbons (Fsp3) is 0.550. The van der Waals surface area contributed by atoms with Crippen LogP contribution in [0.4, 0.5) is 10.1 Å². The summed E-state index contributed by atoms with van der Waals surface area (Å²) in [4.78, 5) is 37.7. The van der Waals surface area contributed by atoms with Crippen molar-refractivity contribution in [3.63, 3.8) is 0 Å². The molecule has 1 N–H and O–H groups in total. The maximum absolute atomic E-state index is 13.9. The summed E-state index contributed by atoms with van der Waals surface area (Å²) in [5.41, 5.74) is 0.154. The number of nitrogens with zero attached hydrogens (tertiary/aromatic N) is 1. The summed E-state index contributed by atoms with van der Waals surface area (Å²) in [6.45, 7) is 1.81. The van der Waals surface area contributed by atoms with Crippen LogP contribution < -0.4 is 10.2 Å². The molecule has 1 aromatic carbocycles. The Bertz CT molecular complexity index is 724. The predicted octanol–water partition coefficient (Wildman–Crippen LogP) is 2.42. The zero-order valence-electron chi connectivity index (χ0n) is 15.4. The Morgan fingerprint density at radius 2 is 2.00 bits per heavy atom. The topological polar surface area (TPSA) is 75.7 Å². The molecule has 6 nitrogen and oxygen atoms in total. The molecule has 1 aliphatic carbocycles. The second-order valence-electron chi connectivity index (χ2n) is 7.40. The molecule has 27 heavy (non-hydrogen) atoms. The molecule has 7 heteroatoms. The summed E-state index contributed by atoms with van der Waals surface area (Å²) < 4.78 is 19.0. The number of amides is 2. The fourth-order valence-electron chi connectivity index (χ4n) is 3.80.